The van der Waals surface area contributed by atoms with Gasteiger partial charge in [-0.2, -0.15) is 0 Å². The minimum atomic E-state index is 0.139. The second kappa shape index (κ2) is 9.79. The topological polar surface area (TPSA) is 58.4 Å². The average Bonchev–Trinajstić information content (AvgIpc) is 3.25. The predicted octanol–water partition coefficient (Wildman–Crippen LogP) is 5.03. The lowest BCUT2D eigenvalue weighted by Crippen LogP contribution is -2.41. The molecule has 5 rings (SSSR count). The maximum atomic E-state index is 13.0. The van der Waals surface area contributed by atoms with Crippen molar-refractivity contribution < 1.29 is 9.59 Å². The Kier molecular flexibility index (Phi) is 6.59. The molecule has 4 heterocycles. The molecule has 2 amide bonds. The summed E-state index contributed by atoms with van der Waals surface area (Å²) in [6, 6.07) is 9.98. The van der Waals surface area contributed by atoms with Gasteiger partial charge in [0.25, 0.3) is 0 Å². The summed E-state index contributed by atoms with van der Waals surface area (Å²) in [6.07, 6.45) is 10.4. The van der Waals surface area contributed by atoms with E-state index in [1.807, 2.05) is 46.5 Å². The van der Waals surface area contributed by atoms with E-state index in [0.29, 0.717) is 18.3 Å². The number of likely N-dealkylation sites (tertiary alicyclic amines) is 2. The minimum absolute atomic E-state index is 0.139. The molecule has 0 N–H and O–H groups in total. The van der Waals surface area contributed by atoms with Gasteiger partial charge in [-0.15, -0.1) is 0 Å². The molecule has 34 heavy (non-hydrogen) atoms. The number of carbonyl (C=O) groups excluding carboxylic acids is 2. The lowest BCUT2D eigenvalue weighted by atomic mass is 9.88. The van der Waals surface area contributed by atoms with Gasteiger partial charge in [-0.3, -0.25) is 14.6 Å². The molecule has 0 saturated carbocycles. The molecule has 0 unspecified atom stereocenters. The van der Waals surface area contributed by atoms with Gasteiger partial charge in [0.1, 0.15) is 0 Å². The summed E-state index contributed by atoms with van der Waals surface area (Å²) < 4.78 is 2.19. The summed E-state index contributed by atoms with van der Waals surface area (Å²) in [5.41, 5.74) is 3.49. The highest BCUT2D eigenvalue weighted by molar-refractivity contribution is 6.30. The Morgan fingerprint density at radius 2 is 1.65 bits per heavy atom. The summed E-state index contributed by atoms with van der Waals surface area (Å²) in [5, 5.41) is 1.95. The molecule has 0 bridgehead atoms. The van der Waals surface area contributed by atoms with Crippen LogP contribution in [0, 0.1) is 5.92 Å². The van der Waals surface area contributed by atoms with Crippen molar-refractivity contribution in [1.29, 1.82) is 0 Å². The minimum Gasteiger partial charge on any atom is -0.343 e. The van der Waals surface area contributed by atoms with E-state index in [0.717, 1.165) is 68.1 Å². The van der Waals surface area contributed by atoms with Crippen molar-refractivity contribution in [2.24, 2.45) is 5.92 Å². The SMILES string of the molecule is CC(=O)N1CCC(CC(=O)N2CCC(c3cn(-c4ccc(Cl)cc4)c4cnccc34)CC2)CC1. The number of carbonyl (C=O) groups is 2. The molecule has 0 spiro atoms. The van der Waals surface area contributed by atoms with Crippen LogP contribution in [-0.2, 0) is 9.59 Å². The van der Waals surface area contributed by atoms with E-state index < -0.39 is 0 Å². The first kappa shape index (κ1) is 22.9. The van der Waals surface area contributed by atoms with Crippen molar-refractivity contribution in [3.05, 3.63) is 59.5 Å². The zero-order valence-electron chi connectivity index (χ0n) is 19.6. The molecule has 6 nitrogen and oxygen atoms in total. The molecule has 1 aromatic carbocycles. The number of benzene rings is 1. The molecule has 2 aliphatic heterocycles. The van der Waals surface area contributed by atoms with E-state index in [-0.39, 0.29) is 11.8 Å². The number of fused-ring (bicyclic) bond motifs is 1. The molecule has 3 aromatic rings. The molecular weight excluding hydrogens is 448 g/mol. The monoisotopic (exact) mass is 478 g/mol. The molecular formula is C27H31ClN4O2. The lowest BCUT2D eigenvalue weighted by Gasteiger charge is -2.35. The van der Waals surface area contributed by atoms with Gasteiger partial charge in [-0.25, -0.2) is 0 Å². The largest absolute Gasteiger partial charge is 0.343 e. The van der Waals surface area contributed by atoms with Gasteiger partial charge >= 0.3 is 0 Å². The number of amides is 2. The third kappa shape index (κ3) is 4.69. The highest BCUT2D eigenvalue weighted by atomic mass is 35.5. The van der Waals surface area contributed by atoms with Crippen molar-refractivity contribution in [3.63, 3.8) is 0 Å². The number of piperidine rings is 2. The van der Waals surface area contributed by atoms with Crippen LogP contribution in [0.25, 0.3) is 16.6 Å². The summed E-state index contributed by atoms with van der Waals surface area (Å²) in [4.78, 5) is 32.8. The molecule has 2 saturated heterocycles. The average molecular weight is 479 g/mol. The Bertz CT molecular complexity index is 1170. The number of halogens is 1. The van der Waals surface area contributed by atoms with Crippen LogP contribution in [0.3, 0.4) is 0 Å². The molecule has 7 heteroatoms. The summed E-state index contributed by atoms with van der Waals surface area (Å²) in [5.74, 6) is 1.22. The van der Waals surface area contributed by atoms with Gasteiger partial charge in [0.2, 0.25) is 11.8 Å². The zero-order chi connectivity index (χ0) is 23.7. The summed E-state index contributed by atoms with van der Waals surface area (Å²) in [7, 11) is 0. The fourth-order valence-corrected chi connectivity index (χ4v) is 5.63. The Labute approximate surface area is 205 Å². The van der Waals surface area contributed by atoms with E-state index in [1.165, 1.54) is 10.9 Å². The second-order valence-corrected chi connectivity index (χ2v) is 10.1. The first-order valence-corrected chi connectivity index (χ1v) is 12.6. The molecule has 2 fully saturated rings. The number of nitrogens with zero attached hydrogens (tertiary/aromatic N) is 4. The summed E-state index contributed by atoms with van der Waals surface area (Å²) >= 11 is 6.09. The van der Waals surface area contributed by atoms with Crippen LogP contribution in [0.4, 0.5) is 0 Å². The Morgan fingerprint density at radius 3 is 2.32 bits per heavy atom. The van der Waals surface area contributed by atoms with Gasteiger partial charge in [0.05, 0.1) is 11.7 Å². The van der Waals surface area contributed by atoms with Gasteiger partial charge in [-0.05, 0) is 73.4 Å². The van der Waals surface area contributed by atoms with Crippen LogP contribution in [-0.4, -0.2) is 57.3 Å². The van der Waals surface area contributed by atoms with Crippen molar-refractivity contribution in [2.45, 2.75) is 44.9 Å². The van der Waals surface area contributed by atoms with Crippen LogP contribution in [0.1, 0.15) is 50.5 Å². The zero-order valence-corrected chi connectivity index (χ0v) is 20.4. The van der Waals surface area contributed by atoms with Crippen molar-refractivity contribution in [2.75, 3.05) is 26.2 Å². The molecule has 0 aliphatic carbocycles. The highest BCUT2D eigenvalue weighted by Gasteiger charge is 2.29. The van der Waals surface area contributed by atoms with E-state index in [1.54, 1.807) is 6.92 Å². The summed E-state index contributed by atoms with van der Waals surface area (Å²) in [6.45, 7) is 4.78. The first-order valence-electron chi connectivity index (χ1n) is 12.2. The molecule has 178 valence electrons. The quantitative estimate of drug-likeness (QED) is 0.528. The van der Waals surface area contributed by atoms with E-state index in [4.69, 9.17) is 11.6 Å². The molecule has 0 radical (unpaired) electrons. The second-order valence-electron chi connectivity index (χ2n) is 9.63. The Hall–Kier alpha value is -2.86. The Morgan fingerprint density at radius 1 is 0.971 bits per heavy atom. The maximum Gasteiger partial charge on any atom is 0.222 e. The Balaban J connectivity index is 1.24. The number of hydrogen-bond donors (Lipinski definition) is 0. The molecule has 2 aromatic heterocycles. The van der Waals surface area contributed by atoms with Crippen molar-refractivity contribution in [1.82, 2.24) is 19.4 Å². The van der Waals surface area contributed by atoms with Crippen LogP contribution >= 0.6 is 11.6 Å². The lowest BCUT2D eigenvalue weighted by molar-refractivity contribution is -0.134. The number of hydrogen-bond acceptors (Lipinski definition) is 3. The number of pyridine rings is 1. The van der Waals surface area contributed by atoms with Crippen LogP contribution in [0.2, 0.25) is 5.02 Å². The fourth-order valence-electron chi connectivity index (χ4n) is 5.51. The van der Waals surface area contributed by atoms with Crippen molar-refractivity contribution in [3.8, 4) is 5.69 Å². The first-order chi connectivity index (χ1) is 16.5. The molecule has 0 atom stereocenters. The van der Waals surface area contributed by atoms with Crippen LogP contribution in [0.15, 0.2) is 48.9 Å². The number of aromatic nitrogens is 2. The van der Waals surface area contributed by atoms with Gasteiger partial charge in [0.15, 0.2) is 0 Å². The highest BCUT2D eigenvalue weighted by Crippen LogP contribution is 2.36. The third-order valence-corrected chi connectivity index (χ3v) is 7.81. The van der Waals surface area contributed by atoms with Crippen LogP contribution < -0.4 is 0 Å². The van der Waals surface area contributed by atoms with Gasteiger partial charge < -0.3 is 14.4 Å². The van der Waals surface area contributed by atoms with Crippen LogP contribution in [0.5, 0.6) is 0 Å². The fraction of sp³-hybridized carbons (Fsp3) is 0.444. The van der Waals surface area contributed by atoms with Crippen molar-refractivity contribution >= 4 is 34.3 Å². The third-order valence-electron chi connectivity index (χ3n) is 7.55. The smallest absolute Gasteiger partial charge is 0.222 e. The predicted molar refractivity (Wildman–Crippen MR) is 134 cm³/mol. The normalized spacial score (nSPS) is 17.9. The number of rotatable bonds is 4. The molecule has 2 aliphatic rings. The van der Waals surface area contributed by atoms with E-state index in [9.17, 15) is 9.59 Å². The van der Waals surface area contributed by atoms with Gasteiger partial charge in [0, 0.05) is 68.0 Å². The van der Waals surface area contributed by atoms with Gasteiger partial charge in [-0.1, -0.05) is 11.6 Å². The standard InChI is InChI=1S/C27H31ClN4O2/c1-19(33)30-12-7-20(8-13-30)16-27(34)31-14-9-21(10-15-31)25-18-32(23-4-2-22(28)3-5-23)26-17-29-11-6-24(25)26/h2-6,11,17-18,20-21H,7-10,12-16H2,1H3. The van der Waals surface area contributed by atoms with E-state index >= 15 is 0 Å². The maximum absolute atomic E-state index is 13.0. The van der Waals surface area contributed by atoms with E-state index in [2.05, 4.69) is 21.8 Å².